The minimum atomic E-state index is -0.962. The van der Waals surface area contributed by atoms with Crippen molar-refractivity contribution in [3.63, 3.8) is 0 Å². The molecule has 9 amide bonds. The molecule has 7 N–H and O–H groups in total. The third-order valence-corrected chi connectivity index (χ3v) is 11.7. The predicted octanol–water partition coefficient (Wildman–Crippen LogP) is 4.74. The Hall–Kier alpha value is -7.09. The fourth-order valence-electron chi connectivity index (χ4n) is 7.68. The summed E-state index contributed by atoms with van der Waals surface area (Å²) in [5, 5.41) is 18.5. The maximum atomic E-state index is 13.6. The number of nitrogens with one attached hydrogen (secondary N) is 7. The molecule has 2 rings (SSSR count). The summed E-state index contributed by atoms with van der Waals surface area (Å²) in [4.78, 5) is 119. The van der Waals surface area contributed by atoms with Crippen LogP contribution in [0.2, 0.25) is 0 Å². The van der Waals surface area contributed by atoms with Crippen LogP contribution in [0.1, 0.15) is 97.0 Å². The lowest BCUT2D eigenvalue weighted by Gasteiger charge is -2.39. The molecule has 3 unspecified atom stereocenters. The Bertz CT molecular complexity index is 2150. The van der Waals surface area contributed by atoms with Gasteiger partial charge in [-0.25, -0.2) is 4.79 Å². The summed E-state index contributed by atoms with van der Waals surface area (Å²) in [6.45, 7) is 21.1. The average molecular weight is 990 g/mol. The maximum Gasteiger partial charge on any atom is 0.410 e. The summed E-state index contributed by atoms with van der Waals surface area (Å²) in [7, 11) is 4.80. The number of likely N-dealkylation sites (N-methyl/N-ethyl adjacent to an activating group) is 2. The van der Waals surface area contributed by atoms with E-state index in [0.29, 0.717) is 17.7 Å². The van der Waals surface area contributed by atoms with Crippen LogP contribution in [0.25, 0.3) is 0 Å². The zero-order chi connectivity index (χ0) is 53.5. The summed E-state index contributed by atoms with van der Waals surface area (Å²) < 4.78 is 11.2. The van der Waals surface area contributed by atoms with Crippen LogP contribution in [0.15, 0.2) is 67.8 Å². The molecular weight excluding hydrogens is 915 g/mol. The van der Waals surface area contributed by atoms with Gasteiger partial charge in [-0.05, 0) is 85.6 Å². The van der Waals surface area contributed by atoms with Gasteiger partial charge in [0.25, 0.3) is 5.91 Å². The van der Waals surface area contributed by atoms with E-state index in [1.54, 1.807) is 77.9 Å². The smallest absolute Gasteiger partial charge is 0.410 e. The Morgan fingerprint density at radius 2 is 1.28 bits per heavy atom. The van der Waals surface area contributed by atoms with Gasteiger partial charge >= 0.3 is 6.09 Å². The number of hydrogen-bond acceptors (Lipinski definition) is 11. The van der Waals surface area contributed by atoms with E-state index in [0.717, 1.165) is 18.6 Å². The molecule has 0 aliphatic rings. The Balaban J connectivity index is 1.89. The molecular formula is C51H75N9O11. The normalized spacial score (nSPS) is 13.4. The molecule has 0 fully saturated rings. The highest BCUT2D eigenvalue weighted by molar-refractivity contribution is 6.04. The van der Waals surface area contributed by atoms with Crippen LogP contribution in [-0.2, 0) is 49.6 Å². The minimum absolute atomic E-state index is 0.0371. The first-order chi connectivity index (χ1) is 33.5. The number of methoxy groups -OCH3 is 1. The first kappa shape index (κ1) is 60.0. The van der Waals surface area contributed by atoms with Gasteiger partial charge in [-0.3, -0.25) is 43.3 Å². The summed E-state index contributed by atoms with van der Waals surface area (Å²) in [6.07, 6.45) is 2.89. The van der Waals surface area contributed by atoms with Crippen LogP contribution < -0.4 is 37.2 Å². The number of ether oxygens (including phenoxy) is 2. The number of hydrogen-bond donors (Lipinski definition) is 7. The third kappa shape index (κ3) is 19.3. The lowest BCUT2D eigenvalue weighted by molar-refractivity contribution is -0.141. The molecule has 6 atom stereocenters. The molecule has 0 saturated carbocycles. The molecule has 20 heteroatoms. The Morgan fingerprint density at radius 1 is 0.690 bits per heavy atom. The van der Waals surface area contributed by atoms with Gasteiger partial charge in [-0.15, -0.1) is 0 Å². The van der Waals surface area contributed by atoms with Crippen molar-refractivity contribution < 1.29 is 52.6 Å². The quantitative estimate of drug-likeness (QED) is 0.0453. The molecule has 0 bridgehead atoms. The molecule has 2 aromatic rings. The van der Waals surface area contributed by atoms with Crippen molar-refractivity contribution in [1.29, 1.82) is 0 Å². The fourth-order valence-corrected chi connectivity index (χ4v) is 7.68. The minimum Gasteiger partial charge on any atom is -0.445 e. The van der Waals surface area contributed by atoms with Crippen LogP contribution in [0, 0.1) is 17.8 Å². The molecule has 0 heterocycles. The standard InChI is InChI=1S/C51H75N9O11/c1-14-32(9)46(39(15-2)70-13)59(11)50(68)33(10)54-49(67)45(31(7)8)60(12)51(69)71-29-34-20-22-36(23-21-34)55-43(64)28-53-48(66)44(30(5)6)58-42(63)19-18-24-52-47(65)35-25-37(56-40(61)16-3)27-38(26-35)57-41(62)17-4/h16-17,20-23,25-27,30-33,39,44-46H,3-4,14-15,18-19,24,28-29H2,1-2,5-13H3,(H,52,65)(H,53,66)(H,54,67)(H,55,64)(H,56,61)(H,57,62)(H,58,63)/t32-,33+,39-,44?,45?,46?/m1/s1. The van der Waals surface area contributed by atoms with Crippen molar-refractivity contribution >= 4 is 70.4 Å². The predicted molar refractivity (Wildman–Crippen MR) is 272 cm³/mol. The van der Waals surface area contributed by atoms with E-state index < -0.39 is 72.1 Å². The molecule has 0 aliphatic heterocycles. The van der Waals surface area contributed by atoms with Crippen LogP contribution in [0.3, 0.4) is 0 Å². The highest BCUT2D eigenvalue weighted by atomic mass is 16.6. The van der Waals surface area contributed by atoms with Crippen molar-refractivity contribution in [2.24, 2.45) is 17.8 Å². The van der Waals surface area contributed by atoms with E-state index in [1.165, 1.54) is 30.1 Å². The largest absolute Gasteiger partial charge is 0.445 e. The second kappa shape index (κ2) is 29.8. The first-order valence-corrected chi connectivity index (χ1v) is 23.8. The van der Waals surface area contributed by atoms with Crippen molar-refractivity contribution in [2.75, 3.05) is 50.2 Å². The van der Waals surface area contributed by atoms with Crippen molar-refractivity contribution in [1.82, 2.24) is 31.1 Å². The van der Waals surface area contributed by atoms with Gasteiger partial charge in [0.15, 0.2) is 0 Å². The van der Waals surface area contributed by atoms with Gasteiger partial charge in [0.1, 0.15) is 24.7 Å². The lowest BCUT2D eigenvalue weighted by atomic mass is 9.91. The third-order valence-electron chi connectivity index (χ3n) is 11.7. The summed E-state index contributed by atoms with van der Waals surface area (Å²) in [6, 6.07) is 7.77. The van der Waals surface area contributed by atoms with Crippen molar-refractivity contribution in [3.05, 3.63) is 78.9 Å². The molecule has 390 valence electrons. The Labute approximate surface area is 417 Å². The van der Waals surface area contributed by atoms with E-state index in [9.17, 15) is 43.2 Å². The summed E-state index contributed by atoms with van der Waals surface area (Å²) >= 11 is 0. The number of rotatable bonds is 28. The Kier molecular flexibility index (Phi) is 25.2. The topological polar surface area (TPSA) is 263 Å². The number of nitrogens with zero attached hydrogens (tertiary/aromatic N) is 2. The SMILES string of the molecule is C=CC(=O)Nc1cc(NC(=O)C=C)cc(C(=O)NCCCC(=O)NC(C(=O)NCC(=O)Nc2ccc(COC(=O)N(C)C(C(=O)N[C@@H](C)C(=O)N(C)C([C@H](C)CC)[C@@H](CC)OC)C(C)C)cc2)C(C)C)c1. The number of benzene rings is 2. The zero-order valence-electron chi connectivity index (χ0n) is 43.1. The van der Waals surface area contributed by atoms with Crippen LogP contribution in [0.5, 0.6) is 0 Å². The molecule has 0 aliphatic carbocycles. The number of amides is 9. The van der Waals surface area contributed by atoms with Gasteiger partial charge in [-0.1, -0.05) is 80.2 Å². The monoisotopic (exact) mass is 990 g/mol. The zero-order valence-corrected chi connectivity index (χ0v) is 43.1. The second-order valence-corrected chi connectivity index (χ2v) is 17.9. The van der Waals surface area contributed by atoms with Crippen LogP contribution in [0.4, 0.5) is 21.9 Å². The van der Waals surface area contributed by atoms with Gasteiger partial charge in [-0.2, -0.15) is 0 Å². The number of anilines is 3. The lowest BCUT2D eigenvalue weighted by Crippen LogP contribution is -2.57. The van der Waals surface area contributed by atoms with Crippen molar-refractivity contribution in [2.45, 2.75) is 118 Å². The van der Waals surface area contributed by atoms with E-state index in [2.05, 4.69) is 64.2 Å². The molecule has 71 heavy (non-hydrogen) atoms. The first-order valence-electron chi connectivity index (χ1n) is 23.8. The van der Waals surface area contributed by atoms with E-state index in [-0.39, 0.29) is 78.7 Å². The van der Waals surface area contributed by atoms with E-state index in [1.807, 2.05) is 6.92 Å². The molecule has 20 nitrogen and oxygen atoms in total. The highest BCUT2D eigenvalue weighted by Gasteiger charge is 2.36. The summed E-state index contributed by atoms with van der Waals surface area (Å²) in [5.74, 6) is -4.43. The van der Waals surface area contributed by atoms with E-state index in [4.69, 9.17) is 9.47 Å². The van der Waals surface area contributed by atoms with Crippen LogP contribution in [-0.4, -0.2) is 128 Å². The Morgan fingerprint density at radius 3 is 1.79 bits per heavy atom. The van der Waals surface area contributed by atoms with Gasteiger partial charge in [0.05, 0.1) is 18.7 Å². The van der Waals surface area contributed by atoms with Gasteiger partial charge < -0.3 is 51.6 Å². The van der Waals surface area contributed by atoms with E-state index >= 15 is 0 Å². The van der Waals surface area contributed by atoms with Gasteiger partial charge in [0, 0.05) is 56.8 Å². The van der Waals surface area contributed by atoms with Gasteiger partial charge in [0.2, 0.25) is 41.4 Å². The number of carbonyl (C=O) groups is 9. The molecule has 2 aromatic carbocycles. The maximum absolute atomic E-state index is 13.6. The molecule has 0 spiro atoms. The average Bonchev–Trinajstić information content (AvgIpc) is 3.33. The van der Waals surface area contributed by atoms with Crippen LogP contribution >= 0.6 is 0 Å². The summed E-state index contributed by atoms with van der Waals surface area (Å²) in [5.41, 5.74) is 1.59. The second-order valence-electron chi connectivity index (χ2n) is 17.9. The van der Waals surface area contributed by atoms with Crippen molar-refractivity contribution in [3.8, 4) is 0 Å². The molecule has 0 radical (unpaired) electrons. The fraction of sp³-hybridized carbons (Fsp3) is 0.510. The molecule has 0 aromatic heterocycles. The molecule has 0 saturated heterocycles. The number of carbonyl (C=O) groups excluding carboxylic acids is 9. The highest BCUT2D eigenvalue weighted by Crippen LogP contribution is 2.23.